The zero-order chi connectivity index (χ0) is 21.6. The molecule has 0 atom stereocenters. The predicted molar refractivity (Wildman–Crippen MR) is 118 cm³/mol. The molecule has 0 fully saturated rings. The standard InChI is InChI=1S/C23H19N3O4S/c1-15(27)16-6-9-19(10-7-16)24-21(28)14-31-23-26-25-22(30-23)13-29-20-11-8-17-4-2-3-5-18(17)12-20/h2-12H,13-14H2,1H3,(H,24,28). The van der Waals surface area contributed by atoms with Gasteiger partial charge in [0.15, 0.2) is 12.4 Å². The monoisotopic (exact) mass is 433 g/mol. The number of anilines is 1. The number of ether oxygens (including phenoxy) is 1. The van der Waals surface area contributed by atoms with Gasteiger partial charge in [-0.3, -0.25) is 9.59 Å². The van der Waals surface area contributed by atoms with Crippen LogP contribution < -0.4 is 10.1 Å². The maximum atomic E-state index is 12.1. The molecule has 1 amide bonds. The van der Waals surface area contributed by atoms with Crippen molar-refractivity contribution in [3.8, 4) is 5.75 Å². The van der Waals surface area contributed by atoms with Gasteiger partial charge in [0.2, 0.25) is 5.91 Å². The Morgan fingerprint density at radius 2 is 1.77 bits per heavy atom. The summed E-state index contributed by atoms with van der Waals surface area (Å²) in [7, 11) is 0. The summed E-state index contributed by atoms with van der Waals surface area (Å²) in [6.07, 6.45) is 0. The minimum absolute atomic E-state index is 0.0229. The lowest BCUT2D eigenvalue weighted by Gasteiger charge is -2.05. The molecule has 3 aromatic carbocycles. The summed E-state index contributed by atoms with van der Waals surface area (Å²) in [5, 5.41) is 13.2. The fraction of sp³-hybridized carbons (Fsp3) is 0.130. The molecular formula is C23H19N3O4S. The first kappa shape index (κ1) is 20.6. The molecule has 0 radical (unpaired) electrons. The number of hydrogen-bond acceptors (Lipinski definition) is 7. The van der Waals surface area contributed by atoms with E-state index in [1.165, 1.54) is 6.92 Å². The number of carbonyl (C=O) groups is 2. The summed E-state index contributed by atoms with van der Waals surface area (Å²) in [4.78, 5) is 23.4. The smallest absolute Gasteiger partial charge is 0.277 e. The Balaban J connectivity index is 1.26. The minimum Gasteiger partial charge on any atom is -0.484 e. The van der Waals surface area contributed by atoms with E-state index in [0.29, 0.717) is 28.1 Å². The number of thioether (sulfide) groups is 1. The number of nitrogens with zero attached hydrogens (tertiary/aromatic N) is 2. The highest BCUT2D eigenvalue weighted by Gasteiger charge is 2.11. The van der Waals surface area contributed by atoms with Crippen LogP contribution >= 0.6 is 11.8 Å². The number of rotatable bonds is 8. The second-order valence-corrected chi connectivity index (χ2v) is 7.66. The Morgan fingerprint density at radius 3 is 2.55 bits per heavy atom. The van der Waals surface area contributed by atoms with E-state index in [0.717, 1.165) is 22.5 Å². The van der Waals surface area contributed by atoms with Crippen molar-refractivity contribution in [1.29, 1.82) is 0 Å². The van der Waals surface area contributed by atoms with Gasteiger partial charge in [0.1, 0.15) is 5.75 Å². The molecule has 31 heavy (non-hydrogen) atoms. The molecule has 0 saturated carbocycles. The number of fused-ring (bicyclic) bond motifs is 1. The van der Waals surface area contributed by atoms with Crippen LogP contribution in [0.25, 0.3) is 10.8 Å². The van der Waals surface area contributed by atoms with E-state index in [2.05, 4.69) is 15.5 Å². The Kier molecular flexibility index (Phi) is 6.28. The van der Waals surface area contributed by atoms with Crippen molar-refractivity contribution >= 4 is 39.9 Å². The highest BCUT2D eigenvalue weighted by atomic mass is 32.2. The lowest BCUT2D eigenvalue weighted by atomic mass is 10.1. The van der Waals surface area contributed by atoms with E-state index in [1.807, 2.05) is 42.5 Å². The number of ketones is 1. The van der Waals surface area contributed by atoms with Gasteiger partial charge in [-0.2, -0.15) is 0 Å². The van der Waals surface area contributed by atoms with Gasteiger partial charge in [0.05, 0.1) is 5.75 Å². The number of hydrogen-bond donors (Lipinski definition) is 1. The summed E-state index contributed by atoms with van der Waals surface area (Å²) in [5.41, 5.74) is 1.21. The number of benzene rings is 3. The van der Waals surface area contributed by atoms with Gasteiger partial charge in [0.25, 0.3) is 11.1 Å². The van der Waals surface area contributed by atoms with Gasteiger partial charge in [-0.25, -0.2) is 0 Å². The molecule has 1 heterocycles. The van der Waals surface area contributed by atoms with Crippen molar-refractivity contribution in [3.63, 3.8) is 0 Å². The second kappa shape index (κ2) is 9.44. The molecule has 0 aliphatic heterocycles. The molecule has 8 heteroatoms. The van der Waals surface area contributed by atoms with Gasteiger partial charge >= 0.3 is 0 Å². The topological polar surface area (TPSA) is 94.3 Å². The van der Waals surface area contributed by atoms with Crippen molar-refractivity contribution in [2.75, 3.05) is 11.1 Å². The Bertz CT molecular complexity index is 1220. The largest absolute Gasteiger partial charge is 0.484 e. The van der Waals surface area contributed by atoms with Crippen LogP contribution in [-0.4, -0.2) is 27.6 Å². The SMILES string of the molecule is CC(=O)c1ccc(NC(=O)CSc2nnc(COc3ccc4ccccc4c3)o2)cc1. The van der Waals surface area contributed by atoms with Gasteiger partial charge in [-0.05, 0) is 54.1 Å². The molecule has 0 unspecified atom stereocenters. The van der Waals surface area contributed by atoms with Crippen molar-refractivity contribution in [2.24, 2.45) is 0 Å². The first-order valence-corrected chi connectivity index (χ1v) is 10.5. The Hall–Kier alpha value is -3.65. The van der Waals surface area contributed by atoms with Crippen LogP contribution in [0.5, 0.6) is 5.75 Å². The quantitative estimate of drug-likeness (QED) is 0.317. The predicted octanol–water partition coefficient (Wildman–Crippen LogP) is 4.74. The normalized spacial score (nSPS) is 10.7. The minimum atomic E-state index is -0.215. The number of Topliss-reactive ketones (excluding diaryl/α,β-unsaturated/α-hetero) is 1. The second-order valence-electron chi connectivity index (χ2n) is 6.73. The third-order valence-electron chi connectivity index (χ3n) is 4.43. The van der Waals surface area contributed by atoms with Crippen LogP contribution in [0.2, 0.25) is 0 Å². The molecule has 0 aliphatic rings. The van der Waals surface area contributed by atoms with E-state index in [4.69, 9.17) is 9.15 Å². The van der Waals surface area contributed by atoms with E-state index in [1.54, 1.807) is 24.3 Å². The molecule has 156 valence electrons. The maximum Gasteiger partial charge on any atom is 0.277 e. The van der Waals surface area contributed by atoms with E-state index in [9.17, 15) is 9.59 Å². The number of amides is 1. The maximum absolute atomic E-state index is 12.1. The molecule has 4 aromatic rings. The zero-order valence-corrected chi connectivity index (χ0v) is 17.5. The molecule has 1 aromatic heterocycles. The first-order chi connectivity index (χ1) is 15.1. The van der Waals surface area contributed by atoms with Crippen LogP contribution in [0.3, 0.4) is 0 Å². The van der Waals surface area contributed by atoms with Crippen molar-refractivity contribution in [2.45, 2.75) is 18.8 Å². The number of aromatic nitrogens is 2. The summed E-state index contributed by atoms with van der Waals surface area (Å²) >= 11 is 1.14. The lowest BCUT2D eigenvalue weighted by Crippen LogP contribution is -2.14. The number of nitrogens with one attached hydrogen (secondary N) is 1. The molecule has 1 N–H and O–H groups in total. The van der Waals surface area contributed by atoms with Gasteiger partial charge in [-0.1, -0.05) is 42.1 Å². The van der Waals surface area contributed by atoms with Crippen LogP contribution in [-0.2, 0) is 11.4 Å². The summed E-state index contributed by atoms with van der Waals surface area (Å²) in [6.45, 7) is 1.64. The van der Waals surface area contributed by atoms with E-state index in [-0.39, 0.29) is 24.1 Å². The third-order valence-corrected chi connectivity index (χ3v) is 5.25. The van der Waals surface area contributed by atoms with Crippen LogP contribution in [0.4, 0.5) is 5.69 Å². The summed E-state index contributed by atoms with van der Waals surface area (Å²) < 4.78 is 11.3. The van der Waals surface area contributed by atoms with Crippen molar-refractivity contribution < 1.29 is 18.7 Å². The van der Waals surface area contributed by atoms with Crippen LogP contribution in [0, 0.1) is 0 Å². The van der Waals surface area contributed by atoms with E-state index < -0.39 is 0 Å². The average Bonchev–Trinajstić information content (AvgIpc) is 3.24. The molecule has 0 spiro atoms. The van der Waals surface area contributed by atoms with Crippen LogP contribution in [0.15, 0.2) is 76.4 Å². The highest BCUT2D eigenvalue weighted by molar-refractivity contribution is 7.99. The Labute approximate surface area is 182 Å². The molecular weight excluding hydrogens is 414 g/mol. The van der Waals surface area contributed by atoms with Gasteiger partial charge in [-0.15, -0.1) is 10.2 Å². The first-order valence-electron chi connectivity index (χ1n) is 9.54. The molecule has 0 aliphatic carbocycles. The van der Waals surface area contributed by atoms with Crippen LogP contribution in [0.1, 0.15) is 23.2 Å². The fourth-order valence-electron chi connectivity index (χ4n) is 2.87. The number of carbonyl (C=O) groups excluding carboxylic acids is 2. The summed E-state index contributed by atoms with van der Waals surface area (Å²) in [6, 6.07) is 20.6. The fourth-order valence-corrected chi connectivity index (χ4v) is 3.45. The van der Waals surface area contributed by atoms with Crippen molar-refractivity contribution in [1.82, 2.24) is 10.2 Å². The molecule has 0 bridgehead atoms. The lowest BCUT2D eigenvalue weighted by molar-refractivity contribution is -0.113. The molecule has 0 saturated heterocycles. The van der Waals surface area contributed by atoms with Crippen molar-refractivity contribution in [3.05, 3.63) is 78.2 Å². The highest BCUT2D eigenvalue weighted by Crippen LogP contribution is 2.22. The third kappa shape index (κ3) is 5.49. The van der Waals surface area contributed by atoms with Gasteiger partial charge < -0.3 is 14.5 Å². The molecule has 7 nitrogen and oxygen atoms in total. The van der Waals surface area contributed by atoms with E-state index >= 15 is 0 Å². The molecule has 4 rings (SSSR count). The Morgan fingerprint density at radius 1 is 1.00 bits per heavy atom. The zero-order valence-electron chi connectivity index (χ0n) is 16.7. The van der Waals surface area contributed by atoms with Gasteiger partial charge in [0, 0.05) is 11.3 Å². The average molecular weight is 433 g/mol. The summed E-state index contributed by atoms with van der Waals surface area (Å²) in [5.74, 6) is 0.914.